The molecule has 0 bridgehead atoms. The van der Waals surface area contributed by atoms with Gasteiger partial charge in [0, 0.05) is 12.0 Å². The van der Waals surface area contributed by atoms with Gasteiger partial charge < -0.3 is 19.9 Å². The van der Waals surface area contributed by atoms with Gasteiger partial charge in [0.2, 0.25) is 0 Å². The van der Waals surface area contributed by atoms with Crippen LogP contribution < -0.4 is 20.1 Å². The van der Waals surface area contributed by atoms with Crippen LogP contribution in [0.4, 0.5) is 29.5 Å². The van der Waals surface area contributed by atoms with Crippen molar-refractivity contribution in [1.29, 1.82) is 0 Å². The Labute approximate surface area is 285 Å². The van der Waals surface area contributed by atoms with Crippen molar-refractivity contribution in [1.82, 2.24) is 9.78 Å². The highest BCUT2D eigenvalue weighted by Crippen LogP contribution is 2.41. The summed E-state index contributed by atoms with van der Waals surface area (Å²) in [5, 5.41) is 4.38. The molecular weight excluding hydrogens is 649 g/mol. The van der Waals surface area contributed by atoms with Crippen LogP contribution in [0.2, 0.25) is 0 Å². The molecule has 9 nitrogen and oxygen atoms in total. The second kappa shape index (κ2) is 13.5. The van der Waals surface area contributed by atoms with Gasteiger partial charge >= 0.3 is 6.09 Å². The highest BCUT2D eigenvalue weighted by atomic mass is 19.3. The summed E-state index contributed by atoms with van der Waals surface area (Å²) >= 11 is 0. The molecule has 1 aliphatic heterocycles. The zero-order chi connectivity index (χ0) is 34.9. The number of Topliss-reactive ketones (excluding diaryl/α,β-unsaturated/α-hetero) is 1. The van der Waals surface area contributed by atoms with Crippen LogP contribution in [0.1, 0.15) is 32.6 Å². The molecule has 2 N–H and O–H groups in total. The quantitative estimate of drug-likeness (QED) is 0.142. The fourth-order valence-electron chi connectivity index (χ4n) is 6.23. The number of ether oxygens (including phenoxy) is 3. The first-order valence-corrected chi connectivity index (χ1v) is 15.9. The monoisotopic (exact) mass is 680 g/mol. The summed E-state index contributed by atoms with van der Waals surface area (Å²) in [5.74, 6) is -0.155. The van der Waals surface area contributed by atoms with Crippen molar-refractivity contribution in [3.63, 3.8) is 0 Å². The number of hydrogen-bond acceptors (Lipinski definition) is 7. The number of nitrogen functional groups attached to an aromatic ring is 1. The zero-order valence-electron chi connectivity index (χ0n) is 26.8. The highest BCUT2D eigenvalue weighted by Gasteiger charge is 2.37. The van der Waals surface area contributed by atoms with Gasteiger partial charge in [-0.15, -0.1) is 0 Å². The van der Waals surface area contributed by atoms with E-state index >= 15 is 0 Å². The predicted octanol–water partition coefficient (Wildman–Crippen LogP) is 7.73. The van der Waals surface area contributed by atoms with Crippen molar-refractivity contribution in [3.8, 4) is 22.9 Å². The molecule has 1 atom stereocenters. The Balaban J connectivity index is 1.14. The summed E-state index contributed by atoms with van der Waals surface area (Å²) in [5.41, 5.74) is 10.9. The zero-order valence-corrected chi connectivity index (χ0v) is 26.8. The van der Waals surface area contributed by atoms with E-state index in [4.69, 9.17) is 19.9 Å². The third kappa shape index (κ3) is 6.39. The van der Waals surface area contributed by atoms with Crippen molar-refractivity contribution in [2.75, 3.05) is 23.8 Å². The van der Waals surface area contributed by atoms with E-state index in [0.29, 0.717) is 40.2 Å². The fraction of sp³-hybridized carbons (Fsp3) is 0.184. The minimum Gasteiger partial charge on any atom is -0.485 e. The largest absolute Gasteiger partial charge is 0.485 e. The average molecular weight is 681 g/mol. The Morgan fingerprint density at radius 3 is 2.56 bits per heavy atom. The molecule has 1 aromatic heterocycles. The molecule has 5 aromatic rings. The van der Waals surface area contributed by atoms with Crippen LogP contribution in [-0.4, -0.2) is 47.3 Å². The molecule has 0 radical (unpaired) electrons. The van der Waals surface area contributed by atoms with Crippen molar-refractivity contribution in [3.05, 3.63) is 130 Å². The normalized spacial score (nSPS) is 15.2. The third-order valence-electron chi connectivity index (χ3n) is 8.63. The van der Waals surface area contributed by atoms with Crippen LogP contribution in [0, 0.1) is 12.7 Å². The van der Waals surface area contributed by atoms with Gasteiger partial charge in [0.15, 0.2) is 17.3 Å². The molecule has 254 valence electrons. The standard InChI is InChI=1S/C38H31F3N4O5/c1-22-13-28(50-33-10-6-5-9-30(33)39)11-12-31(22)45-37(42)29(19-43-45)36(46)26-15-24-17-32(34(18-25(24)16-26)48-21-35(40)41)44-27(20-49-38(44)47)14-23-7-3-2-4-8-23/h2-13,16-19,27,35H,14-15,20-21,42H2,1H3/t27-/m0/s1. The first-order chi connectivity index (χ1) is 24.2. The molecule has 1 saturated heterocycles. The predicted molar refractivity (Wildman–Crippen MR) is 181 cm³/mol. The second-order valence-corrected chi connectivity index (χ2v) is 12.0. The van der Waals surface area contributed by atoms with Gasteiger partial charge in [-0.2, -0.15) is 5.10 Å². The number of aromatic nitrogens is 2. The fourth-order valence-corrected chi connectivity index (χ4v) is 6.23. The van der Waals surface area contributed by atoms with Crippen LogP contribution in [0.5, 0.6) is 17.2 Å². The number of fused-ring (bicyclic) bond motifs is 1. The number of carbonyl (C=O) groups is 2. The molecule has 0 spiro atoms. The van der Waals surface area contributed by atoms with Crippen LogP contribution >= 0.6 is 0 Å². The van der Waals surface area contributed by atoms with Gasteiger partial charge in [-0.1, -0.05) is 42.5 Å². The Hall–Kier alpha value is -6.04. The Morgan fingerprint density at radius 1 is 1.02 bits per heavy atom. The smallest absolute Gasteiger partial charge is 0.414 e. The molecule has 2 aliphatic rings. The molecule has 2 heterocycles. The maximum absolute atomic E-state index is 14.1. The number of halogens is 3. The van der Waals surface area contributed by atoms with Gasteiger partial charge in [0.05, 0.1) is 29.2 Å². The molecule has 50 heavy (non-hydrogen) atoms. The lowest BCUT2D eigenvalue weighted by molar-refractivity contribution is 0.0821. The lowest BCUT2D eigenvalue weighted by Crippen LogP contribution is -2.35. The summed E-state index contributed by atoms with van der Waals surface area (Å²) in [6.07, 6.45) is 0.377. The summed E-state index contributed by atoms with van der Waals surface area (Å²) in [4.78, 5) is 28.3. The number of nitrogens with zero attached hydrogens (tertiary/aromatic N) is 3. The Kier molecular flexibility index (Phi) is 8.75. The molecule has 0 unspecified atom stereocenters. The molecule has 7 rings (SSSR count). The number of alkyl halides is 2. The number of para-hydroxylation sites is 1. The molecule has 1 fully saturated rings. The van der Waals surface area contributed by atoms with E-state index in [-0.39, 0.29) is 41.7 Å². The van der Waals surface area contributed by atoms with Gasteiger partial charge in [-0.25, -0.2) is 22.6 Å². The van der Waals surface area contributed by atoms with Crippen LogP contribution in [0.3, 0.4) is 0 Å². The topological polar surface area (TPSA) is 109 Å². The maximum Gasteiger partial charge on any atom is 0.414 e. The summed E-state index contributed by atoms with van der Waals surface area (Å²) < 4.78 is 58.7. The molecular formula is C38H31F3N4O5. The van der Waals surface area contributed by atoms with E-state index in [1.54, 1.807) is 48.5 Å². The minimum absolute atomic E-state index is 0.0798. The number of ketones is 1. The van der Waals surface area contributed by atoms with E-state index in [1.807, 2.05) is 37.3 Å². The highest BCUT2D eigenvalue weighted by molar-refractivity contribution is 6.15. The molecule has 1 amide bonds. The first kappa shape index (κ1) is 32.5. The SMILES string of the molecule is Cc1cc(Oc2ccccc2F)ccc1-n1ncc(C(=O)C2=Cc3cc(OCC(F)F)c(N4C(=O)OC[C@@H]4Cc4ccccc4)cc3C2)c1N. The minimum atomic E-state index is -2.74. The van der Waals surface area contributed by atoms with Gasteiger partial charge in [-0.3, -0.25) is 9.69 Å². The molecule has 12 heteroatoms. The summed E-state index contributed by atoms with van der Waals surface area (Å²) in [6, 6.07) is 23.6. The van der Waals surface area contributed by atoms with Gasteiger partial charge in [-0.05, 0) is 84.1 Å². The second-order valence-electron chi connectivity index (χ2n) is 12.0. The Morgan fingerprint density at radius 2 is 1.80 bits per heavy atom. The number of rotatable bonds is 11. The van der Waals surface area contributed by atoms with Crippen molar-refractivity contribution in [2.24, 2.45) is 0 Å². The third-order valence-corrected chi connectivity index (χ3v) is 8.63. The lowest BCUT2D eigenvalue weighted by atomic mass is 10.0. The molecule has 4 aromatic carbocycles. The number of aryl methyl sites for hydroxylation is 1. The number of hydrogen-bond donors (Lipinski definition) is 1. The average Bonchev–Trinajstić information content (AvgIpc) is 3.80. The van der Waals surface area contributed by atoms with Crippen molar-refractivity contribution < 1.29 is 37.0 Å². The van der Waals surface area contributed by atoms with E-state index < -0.39 is 31.0 Å². The van der Waals surface area contributed by atoms with Crippen LogP contribution in [-0.2, 0) is 17.6 Å². The van der Waals surface area contributed by atoms with Gasteiger partial charge in [0.25, 0.3) is 6.43 Å². The van der Waals surface area contributed by atoms with E-state index in [2.05, 4.69) is 5.10 Å². The number of allylic oxidation sites excluding steroid dienone is 1. The number of nitrogens with two attached hydrogens (primary N) is 1. The van der Waals surface area contributed by atoms with E-state index in [9.17, 15) is 22.8 Å². The van der Waals surface area contributed by atoms with E-state index in [1.165, 1.54) is 27.9 Å². The van der Waals surface area contributed by atoms with Crippen molar-refractivity contribution in [2.45, 2.75) is 32.2 Å². The number of cyclic esters (lactones) is 1. The van der Waals surface area contributed by atoms with Crippen molar-refractivity contribution >= 4 is 29.5 Å². The molecule has 1 aliphatic carbocycles. The van der Waals surface area contributed by atoms with Crippen LogP contribution in [0.25, 0.3) is 11.8 Å². The maximum atomic E-state index is 14.1. The number of carbonyl (C=O) groups excluding carboxylic acids is 2. The van der Waals surface area contributed by atoms with E-state index in [0.717, 1.165) is 11.1 Å². The van der Waals surface area contributed by atoms with Gasteiger partial charge in [0.1, 0.15) is 30.5 Å². The number of anilines is 2. The molecule has 0 saturated carbocycles. The lowest BCUT2D eigenvalue weighted by Gasteiger charge is -2.25. The summed E-state index contributed by atoms with van der Waals surface area (Å²) in [7, 11) is 0. The summed E-state index contributed by atoms with van der Waals surface area (Å²) in [6.45, 7) is 1.05. The first-order valence-electron chi connectivity index (χ1n) is 15.9. The van der Waals surface area contributed by atoms with Crippen LogP contribution in [0.15, 0.2) is 96.7 Å². The Bertz CT molecular complexity index is 2130. The number of amides is 1. The number of benzene rings is 4.